The third-order valence-electron chi connectivity index (χ3n) is 3.42. The van der Waals surface area contributed by atoms with Gasteiger partial charge >= 0.3 is 0 Å². The van der Waals surface area contributed by atoms with Crippen LogP contribution in [-0.2, 0) is 0 Å². The number of anilines is 1. The van der Waals surface area contributed by atoms with Crippen LogP contribution in [-0.4, -0.2) is 24.5 Å². The molecule has 0 saturated carbocycles. The summed E-state index contributed by atoms with van der Waals surface area (Å²) in [6.07, 6.45) is 1.76. The number of benzene rings is 1. The summed E-state index contributed by atoms with van der Waals surface area (Å²) in [6.45, 7) is 8.66. The topological polar surface area (TPSA) is 64.3 Å². The van der Waals surface area contributed by atoms with E-state index in [1.165, 1.54) is 0 Å². The number of ketones is 1. The lowest BCUT2D eigenvalue weighted by Gasteiger charge is -2.20. The number of carbonyl (C=O) groups excluding carboxylic acids is 1. The summed E-state index contributed by atoms with van der Waals surface area (Å²) in [5.41, 5.74) is 7.06. The lowest BCUT2D eigenvalue weighted by atomic mass is 10.0. The summed E-state index contributed by atoms with van der Waals surface area (Å²) >= 11 is 0. The molecule has 0 heterocycles. The van der Waals surface area contributed by atoms with Gasteiger partial charge < -0.3 is 15.8 Å². The summed E-state index contributed by atoms with van der Waals surface area (Å²) in [5.74, 6) is 0.717. The van der Waals surface area contributed by atoms with Crippen molar-refractivity contribution in [1.82, 2.24) is 5.32 Å². The monoisotopic (exact) mass is 278 g/mol. The number of ether oxygens (including phenoxy) is 1. The third kappa shape index (κ3) is 4.23. The van der Waals surface area contributed by atoms with E-state index in [4.69, 9.17) is 10.5 Å². The Morgan fingerprint density at radius 1 is 1.30 bits per heavy atom. The van der Waals surface area contributed by atoms with Crippen molar-refractivity contribution in [3.8, 4) is 5.75 Å². The quantitative estimate of drug-likeness (QED) is 0.567. The van der Waals surface area contributed by atoms with E-state index in [0.717, 1.165) is 12.8 Å². The molecule has 0 aliphatic carbocycles. The first kappa shape index (κ1) is 16.5. The zero-order valence-corrected chi connectivity index (χ0v) is 12.9. The first-order valence-corrected chi connectivity index (χ1v) is 7.35. The van der Waals surface area contributed by atoms with E-state index < -0.39 is 0 Å². The molecule has 0 saturated heterocycles. The minimum absolute atomic E-state index is 0.0857. The van der Waals surface area contributed by atoms with Crippen molar-refractivity contribution in [1.29, 1.82) is 0 Å². The molecule has 0 radical (unpaired) electrons. The van der Waals surface area contributed by atoms with Crippen LogP contribution in [0.3, 0.4) is 0 Å². The first-order chi connectivity index (χ1) is 9.53. The molecule has 4 heteroatoms. The Kier molecular flexibility index (Phi) is 6.52. The lowest BCUT2D eigenvalue weighted by Crippen LogP contribution is -2.41. The van der Waals surface area contributed by atoms with Gasteiger partial charge in [-0.2, -0.15) is 0 Å². The molecule has 1 aromatic rings. The molecule has 3 N–H and O–H groups in total. The molecule has 0 aromatic heterocycles. The van der Waals surface area contributed by atoms with E-state index in [1.54, 1.807) is 18.2 Å². The SMILES string of the molecule is CCOc1ccc(C(=O)C(CC)NC(C)CC)cc1N. The fraction of sp³-hybridized carbons (Fsp3) is 0.562. The van der Waals surface area contributed by atoms with Crippen molar-refractivity contribution >= 4 is 11.5 Å². The summed E-state index contributed by atoms with van der Waals surface area (Å²) < 4.78 is 5.39. The molecule has 1 rings (SSSR count). The molecule has 0 amide bonds. The second-order valence-electron chi connectivity index (χ2n) is 4.99. The van der Waals surface area contributed by atoms with Crippen molar-refractivity contribution in [2.75, 3.05) is 12.3 Å². The highest BCUT2D eigenvalue weighted by Gasteiger charge is 2.20. The van der Waals surface area contributed by atoms with Gasteiger partial charge in [0.25, 0.3) is 0 Å². The highest BCUT2D eigenvalue weighted by molar-refractivity contribution is 6.01. The molecule has 0 fully saturated rings. The van der Waals surface area contributed by atoms with Gasteiger partial charge in [0.05, 0.1) is 18.3 Å². The Morgan fingerprint density at radius 3 is 2.50 bits per heavy atom. The van der Waals surface area contributed by atoms with E-state index in [2.05, 4.69) is 19.2 Å². The molecular formula is C16H26N2O2. The Balaban J connectivity index is 2.87. The third-order valence-corrected chi connectivity index (χ3v) is 3.42. The molecule has 1 aromatic carbocycles. The van der Waals surface area contributed by atoms with Gasteiger partial charge in [-0.05, 0) is 44.9 Å². The summed E-state index contributed by atoms with van der Waals surface area (Å²) in [7, 11) is 0. The van der Waals surface area contributed by atoms with Gasteiger partial charge in [0.15, 0.2) is 5.78 Å². The molecule has 20 heavy (non-hydrogen) atoms. The van der Waals surface area contributed by atoms with Gasteiger partial charge in [-0.15, -0.1) is 0 Å². The Bertz CT molecular complexity index is 446. The fourth-order valence-corrected chi connectivity index (χ4v) is 2.03. The number of nitrogens with one attached hydrogen (secondary N) is 1. The Hall–Kier alpha value is -1.55. The molecule has 0 aliphatic heterocycles. The maximum atomic E-state index is 12.5. The second kappa shape index (κ2) is 7.90. The predicted octanol–water partition coefficient (Wildman–Crippen LogP) is 3.02. The zero-order chi connectivity index (χ0) is 15.1. The van der Waals surface area contributed by atoms with Crippen LogP contribution in [0.1, 0.15) is 50.9 Å². The highest BCUT2D eigenvalue weighted by atomic mass is 16.5. The number of Topliss-reactive ketones (excluding diaryl/α,β-unsaturated/α-hetero) is 1. The van der Waals surface area contributed by atoms with Crippen LogP contribution in [0.2, 0.25) is 0 Å². The number of rotatable bonds is 8. The second-order valence-corrected chi connectivity index (χ2v) is 4.99. The molecule has 0 bridgehead atoms. The standard InChI is InChI=1S/C16H26N2O2/c1-5-11(4)18-14(6-2)16(19)12-8-9-15(20-7-3)13(17)10-12/h8-11,14,18H,5-7,17H2,1-4H3. The summed E-state index contributed by atoms with van der Waals surface area (Å²) in [6, 6.07) is 5.41. The normalized spacial score (nSPS) is 13.8. The van der Waals surface area contributed by atoms with Crippen LogP contribution in [0.25, 0.3) is 0 Å². The van der Waals surface area contributed by atoms with Crippen molar-refractivity contribution in [2.45, 2.75) is 52.6 Å². The van der Waals surface area contributed by atoms with Crippen molar-refractivity contribution in [3.05, 3.63) is 23.8 Å². The maximum absolute atomic E-state index is 12.5. The van der Waals surface area contributed by atoms with Gasteiger partial charge in [-0.3, -0.25) is 4.79 Å². The van der Waals surface area contributed by atoms with Crippen molar-refractivity contribution < 1.29 is 9.53 Å². The van der Waals surface area contributed by atoms with E-state index >= 15 is 0 Å². The molecule has 0 aliphatic rings. The van der Waals surface area contributed by atoms with Crippen molar-refractivity contribution in [3.63, 3.8) is 0 Å². The first-order valence-electron chi connectivity index (χ1n) is 7.35. The van der Waals surface area contributed by atoms with Crippen LogP contribution >= 0.6 is 0 Å². The average molecular weight is 278 g/mol. The average Bonchev–Trinajstić information content (AvgIpc) is 2.46. The smallest absolute Gasteiger partial charge is 0.179 e. The van der Waals surface area contributed by atoms with Gasteiger partial charge in [-0.1, -0.05) is 13.8 Å². The van der Waals surface area contributed by atoms with E-state index in [9.17, 15) is 4.79 Å². The number of hydrogen-bond donors (Lipinski definition) is 2. The number of hydrogen-bond acceptors (Lipinski definition) is 4. The summed E-state index contributed by atoms with van der Waals surface area (Å²) in [4.78, 5) is 12.5. The lowest BCUT2D eigenvalue weighted by molar-refractivity contribution is 0.0934. The largest absolute Gasteiger partial charge is 0.492 e. The van der Waals surface area contributed by atoms with E-state index in [1.807, 2.05) is 13.8 Å². The highest BCUT2D eigenvalue weighted by Crippen LogP contribution is 2.23. The van der Waals surface area contributed by atoms with Crippen molar-refractivity contribution in [2.24, 2.45) is 0 Å². The van der Waals surface area contributed by atoms with Crippen LogP contribution in [0.4, 0.5) is 5.69 Å². The molecule has 2 atom stereocenters. The van der Waals surface area contributed by atoms with E-state index in [0.29, 0.717) is 29.6 Å². The van der Waals surface area contributed by atoms with Crippen LogP contribution < -0.4 is 15.8 Å². The molecule has 4 nitrogen and oxygen atoms in total. The van der Waals surface area contributed by atoms with E-state index in [-0.39, 0.29) is 11.8 Å². The van der Waals surface area contributed by atoms with Gasteiger partial charge in [-0.25, -0.2) is 0 Å². The number of nitrogens with two attached hydrogens (primary N) is 1. The minimum atomic E-state index is -0.165. The van der Waals surface area contributed by atoms with Gasteiger partial charge in [0.1, 0.15) is 5.75 Å². The van der Waals surface area contributed by atoms with Crippen LogP contribution in [0, 0.1) is 0 Å². The molecule has 112 valence electrons. The number of nitrogen functional groups attached to an aromatic ring is 1. The van der Waals surface area contributed by atoms with Gasteiger partial charge in [0.2, 0.25) is 0 Å². The minimum Gasteiger partial charge on any atom is -0.492 e. The number of carbonyl (C=O) groups is 1. The van der Waals surface area contributed by atoms with Gasteiger partial charge in [0, 0.05) is 11.6 Å². The van der Waals surface area contributed by atoms with Crippen LogP contribution in [0.5, 0.6) is 5.75 Å². The fourth-order valence-electron chi connectivity index (χ4n) is 2.03. The maximum Gasteiger partial charge on any atom is 0.179 e. The Morgan fingerprint density at radius 2 is 2.00 bits per heavy atom. The molecule has 0 spiro atoms. The predicted molar refractivity (Wildman–Crippen MR) is 83.3 cm³/mol. The molecular weight excluding hydrogens is 252 g/mol. The zero-order valence-electron chi connectivity index (χ0n) is 12.9. The summed E-state index contributed by atoms with van der Waals surface area (Å²) in [5, 5.41) is 3.35. The van der Waals surface area contributed by atoms with Crippen LogP contribution in [0.15, 0.2) is 18.2 Å². The molecule has 2 unspecified atom stereocenters. The Labute approximate surface area is 121 Å².